The Kier molecular flexibility index (Phi) is 7.05. The number of benzene rings is 1. The molecule has 0 aliphatic carbocycles. The number of nitrogens with zero attached hydrogens (tertiary/aromatic N) is 2. The molecule has 0 unspecified atom stereocenters. The number of pyridine rings is 1. The molecule has 24 heavy (non-hydrogen) atoms. The Hall–Kier alpha value is -2.09. The van der Waals surface area contributed by atoms with E-state index in [1.165, 1.54) is 16.5 Å². The van der Waals surface area contributed by atoms with Gasteiger partial charge in [0.2, 0.25) is 0 Å². The fourth-order valence-electron chi connectivity index (χ4n) is 2.55. The Morgan fingerprint density at radius 1 is 1.12 bits per heavy atom. The second kappa shape index (κ2) is 9.27. The molecule has 2 heterocycles. The predicted molar refractivity (Wildman–Crippen MR) is 110 cm³/mol. The maximum atomic E-state index is 4.29. The van der Waals surface area contributed by atoms with Crippen LogP contribution < -0.4 is 10.6 Å². The Bertz CT molecular complexity index is 782. The number of aromatic amines is 1. The molecule has 5 nitrogen and oxygen atoms in total. The van der Waals surface area contributed by atoms with Crippen molar-refractivity contribution in [3.63, 3.8) is 0 Å². The zero-order chi connectivity index (χ0) is 15.9. The van der Waals surface area contributed by atoms with E-state index in [0.717, 1.165) is 24.6 Å². The number of nitrogens with one attached hydrogen (secondary N) is 3. The number of rotatable bonds is 5. The van der Waals surface area contributed by atoms with Crippen LogP contribution in [0, 0.1) is 0 Å². The van der Waals surface area contributed by atoms with E-state index < -0.39 is 0 Å². The molecular formula is C18H22IN5. The minimum absolute atomic E-state index is 0. The lowest BCUT2D eigenvalue weighted by Crippen LogP contribution is -2.38. The summed E-state index contributed by atoms with van der Waals surface area (Å²) in [4.78, 5) is 11.8. The van der Waals surface area contributed by atoms with Crippen molar-refractivity contribution in [1.82, 2.24) is 20.6 Å². The summed E-state index contributed by atoms with van der Waals surface area (Å²) in [6.45, 7) is 1.48. The van der Waals surface area contributed by atoms with Crippen molar-refractivity contribution < 1.29 is 0 Å². The first-order chi connectivity index (χ1) is 11.4. The zero-order valence-corrected chi connectivity index (χ0v) is 16.0. The molecule has 3 aromatic rings. The van der Waals surface area contributed by atoms with Gasteiger partial charge in [0, 0.05) is 36.9 Å². The molecule has 3 rings (SSSR count). The quantitative estimate of drug-likeness (QED) is 0.328. The lowest BCUT2D eigenvalue weighted by Gasteiger charge is -2.11. The van der Waals surface area contributed by atoms with Gasteiger partial charge in [-0.1, -0.05) is 24.3 Å². The molecular weight excluding hydrogens is 413 g/mol. The van der Waals surface area contributed by atoms with Gasteiger partial charge in [0.05, 0.1) is 12.2 Å². The monoisotopic (exact) mass is 435 g/mol. The molecule has 126 valence electrons. The molecule has 2 aromatic heterocycles. The largest absolute Gasteiger partial charge is 0.361 e. The first-order valence-electron chi connectivity index (χ1n) is 7.76. The van der Waals surface area contributed by atoms with E-state index in [-0.39, 0.29) is 24.0 Å². The Morgan fingerprint density at radius 2 is 1.96 bits per heavy atom. The predicted octanol–water partition coefficient (Wildman–Crippen LogP) is 3.09. The smallest absolute Gasteiger partial charge is 0.191 e. The van der Waals surface area contributed by atoms with E-state index in [1.807, 2.05) is 24.3 Å². The fourth-order valence-corrected chi connectivity index (χ4v) is 2.55. The van der Waals surface area contributed by atoms with E-state index in [2.05, 4.69) is 50.0 Å². The molecule has 0 aliphatic rings. The number of para-hydroxylation sites is 1. The highest BCUT2D eigenvalue weighted by Crippen LogP contribution is 2.17. The van der Waals surface area contributed by atoms with Gasteiger partial charge in [-0.2, -0.15) is 0 Å². The zero-order valence-electron chi connectivity index (χ0n) is 13.6. The highest BCUT2D eigenvalue weighted by Gasteiger charge is 2.03. The van der Waals surface area contributed by atoms with Crippen LogP contribution in [0.4, 0.5) is 0 Å². The average molecular weight is 435 g/mol. The minimum Gasteiger partial charge on any atom is -0.361 e. The van der Waals surface area contributed by atoms with Crippen molar-refractivity contribution in [3.05, 3.63) is 66.1 Å². The number of hydrogen-bond donors (Lipinski definition) is 3. The second-order valence-corrected chi connectivity index (χ2v) is 5.28. The number of aromatic nitrogens is 2. The van der Waals surface area contributed by atoms with Gasteiger partial charge in [-0.15, -0.1) is 24.0 Å². The van der Waals surface area contributed by atoms with Crippen LogP contribution in [0.2, 0.25) is 0 Å². The molecule has 0 spiro atoms. The number of aliphatic imine (C=N–C) groups is 1. The summed E-state index contributed by atoms with van der Waals surface area (Å²) in [6.07, 6.45) is 4.81. The number of fused-ring (bicyclic) bond motifs is 1. The van der Waals surface area contributed by atoms with E-state index in [9.17, 15) is 0 Å². The number of halogens is 1. The number of H-pyrrole nitrogens is 1. The molecule has 0 aliphatic heterocycles. The first kappa shape index (κ1) is 18.3. The van der Waals surface area contributed by atoms with Gasteiger partial charge in [-0.25, -0.2) is 0 Å². The Labute approximate surface area is 159 Å². The third-order valence-corrected chi connectivity index (χ3v) is 3.75. The fraction of sp³-hybridized carbons (Fsp3) is 0.222. The van der Waals surface area contributed by atoms with Crippen molar-refractivity contribution in [2.24, 2.45) is 4.99 Å². The van der Waals surface area contributed by atoms with Crippen LogP contribution >= 0.6 is 24.0 Å². The van der Waals surface area contributed by atoms with Crippen LogP contribution in [0.5, 0.6) is 0 Å². The standard InChI is InChI=1S/C18H21N5.HI/c1-19-18(23-13-15-6-4-5-10-20-15)21-11-9-14-12-22-17-8-3-2-7-16(14)17;/h2-8,10,12,22H,9,11,13H2,1H3,(H2,19,21,23);1H. The molecule has 0 saturated heterocycles. The van der Waals surface area contributed by atoms with Gasteiger partial charge in [0.25, 0.3) is 0 Å². The molecule has 0 atom stereocenters. The van der Waals surface area contributed by atoms with Crippen molar-refractivity contribution in [2.45, 2.75) is 13.0 Å². The van der Waals surface area contributed by atoms with Crippen LogP contribution in [0.25, 0.3) is 10.9 Å². The third kappa shape index (κ3) is 4.70. The van der Waals surface area contributed by atoms with Crippen LogP contribution in [-0.4, -0.2) is 29.5 Å². The summed E-state index contributed by atoms with van der Waals surface area (Å²) in [6, 6.07) is 14.3. The van der Waals surface area contributed by atoms with Gasteiger partial charge < -0.3 is 15.6 Å². The van der Waals surface area contributed by atoms with Gasteiger partial charge in [-0.05, 0) is 30.2 Å². The van der Waals surface area contributed by atoms with Crippen LogP contribution in [-0.2, 0) is 13.0 Å². The average Bonchev–Trinajstić information content (AvgIpc) is 3.02. The molecule has 3 N–H and O–H groups in total. The van der Waals surface area contributed by atoms with E-state index in [4.69, 9.17) is 0 Å². The Morgan fingerprint density at radius 3 is 2.75 bits per heavy atom. The molecule has 0 fully saturated rings. The van der Waals surface area contributed by atoms with Crippen LogP contribution in [0.1, 0.15) is 11.3 Å². The Balaban J connectivity index is 0.00000208. The maximum absolute atomic E-state index is 4.29. The number of guanidine groups is 1. The van der Waals surface area contributed by atoms with Crippen LogP contribution in [0.15, 0.2) is 59.9 Å². The topological polar surface area (TPSA) is 65.1 Å². The van der Waals surface area contributed by atoms with Gasteiger partial charge >= 0.3 is 0 Å². The molecule has 0 amide bonds. The van der Waals surface area contributed by atoms with E-state index >= 15 is 0 Å². The molecule has 0 bridgehead atoms. The summed E-state index contributed by atoms with van der Waals surface area (Å²) in [7, 11) is 1.78. The lowest BCUT2D eigenvalue weighted by atomic mass is 10.1. The first-order valence-corrected chi connectivity index (χ1v) is 7.76. The summed E-state index contributed by atoms with van der Waals surface area (Å²) < 4.78 is 0. The SMILES string of the molecule is CN=C(NCCc1c[nH]c2ccccc12)NCc1ccccn1.I. The number of hydrogen-bond acceptors (Lipinski definition) is 2. The second-order valence-electron chi connectivity index (χ2n) is 5.28. The highest BCUT2D eigenvalue weighted by molar-refractivity contribution is 14.0. The van der Waals surface area contributed by atoms with Crippen molar-refractivity contribution in [2.75, 3.05) is 13.6 Å². The minimum atomic E-state index is 0. The normalized spacial score (nSPS) is 11.1. The molecule has 6 heteroatoms. The van der Waals surface area contributed by atoms with Gasteiger partial charge in [-0.3, -0.25) is 9.98 Å². The van der Waals surface area contributed by atoms with Crippen molar-refractivity contribution in [1.29, 1.82) is 0 Å². The van der Waals surface area contributed by atoms with Gasteiger partial charge in [0.15, 0.2) is 5.96 Å². The lowest BCUT2D eigenvalue weighted by molar-refractivity contribution is 0.785. The highest BCUT2D eigenvalue weighted by atomic mass is 127. The van der Waals surface area contributed by atoms with E-state index in [0.29, 0.717) is 6.54 Å². The van der Waals surface area contributed by atoms with Crippen molar-refractivity contribution in [3.8, 4) is 0 Å². The molecule has 1 aromatic carbocycles. The summed E-state index contributed by atoms with van der Waals surface area (Å²) in [5.41, 5.74) is 3.49. The maximum Gasteiger partial charge on any atom is 0.191 e. The molecule has 0 radical (unpaired) electrons. The third-order valence-electron chi connectivity index (χ3n) is 3.75. The van der Waals surface area contributed by atoms with E-state index in [1.54, 1.807) is 13.2 Å². The molecule has 0 saturated carbocycles. The van der Waals surface area contributed by atoms with Crippen molar-refractivity contribution >= 4 is 40.8 Å². The van der Waals surface area contributed by atoms with Crippen LogP contribution in [0.3, 0.4) is 0 Å². The summed E-state index contributed by atoms with van der Waals surface area (Å²) >= 11 is 0. The summed E-state index contributed by atoms with van der Waals surface area (Å²) in [5, 5.41) is 7.89. The summed E-state index contributed by atoms with van der Waals surface area (Å²) in [5.74, 6) is 0.787. The van der Waals surface area contributed by atoms with Gasteiger partial charge in [0.1, 0.15) is 0 Å².